The quantitative estimate of drug-likeness (QED) is 0.325. The van der Waals surface area contributed by atoms with Crippen molar-refractivity contribution in [3.63, 3.8) is 0 Å². The minimum absolute atomic E-state index is 0.0963. The number of thiazole rings is 1. The Kier molecular flexibility index (Phi) is 7.00. The molecular formula is C22H21N5O4S3. The molecule has 0 saturated carbocycles. The number of nitrogens with zero attached hydrogens (tertiary/aromatic N) is 3. The van der Waals surface area contributed by atoms with Crippen LogP contribution in [0.15, 0.2) is 63.1 Å². The Morgan fingerprint density at radius 1 is 1.03 bits per heavy atom. The topological polar surface area (TPSA) is 127 Å². The average molecular weight is 516 g/mol. The molecule has 0 radical (unpaired) electrons. The second-order valence-electron chi connectivity index (χ2n) is 7.37. The van der Waals surface area contributed by atoms with Crippen molar-refractivity contribution in [1.82, 2.24) is 15.2 Å². The van der Waals surface area contributed by atoms with Crippen molar-refractivity contribution in [2.75, 3.05) is 15.8 Å². The van der Waals surface area contributed by atoms with Crippen LogP contribution in [0.25, 0.3) is 11.5 Å². The van der Waals surface area contributed by atoms with Crippen molar-refractivity contribution in [3.05, 3.63) is 64.7 Å². The van der Waals surface area contributed by atoms with Crippen molar-refractivity contribution in [2.45, 2.75) is 30.9 Å². The molecule has 4 rings (SSSR count). The van der Waals surface area contributed by atoms with E-state index in [0.29, 0.717) is 16.4 Å². The van der Waals surface area contributed by atoms with Crippen molar-refractivity contribution in [1.29, 1.82) is 0 Å². The molecule has 2 heterocycles. The molecule has 9 nitrogen and oxygen atoms in total. The van der Waals surface area contributed by atoms with E-state index in [2.05, 4.69) is 25.2 Å². The Labute approximate surface area is 205 Å². The number of nitrogens with one attached hydrogen (secondary N) is 2. The van der Waals surface area contributed by atoms with Gasteiger partial charge in [0.2, 0.25) is 11.8 Å². The highest BCUT2D eigenvalue weighted by molar-refractivity contribution is 7.99. The second-order valence-corrected chi connectivity index (χ2v) is 11.2. The number of anilines is 2. The van der Waals surface area contributed by atoms with E-state index < -0.39 is 10.0 Å². The lowest BCUT2D eigenvalue weighted by Gasteiger charge is -2.08. The number of carbonyl (C=O) groups excluding carboxylic acids is 1. The van der Waals surface area contributed by atoms with Crippen LogP contribution in [0.3, 0.4) is 0 Å². The van der Waals surface area contributed by atoms with Gasteiger partial charge in [0, 0.05) is 16.1 Å². The predicted octanol–water partition coefficient (Wildman–Crippen LogP) is 4.65. The van der Waals surface area contributed by atoms with Gasteiger partial charge in [-0.1, -0.05) is 29.5 Å². The fourth-order valence-electron chi connectivity index (χ4n) is 2.81. The summed E-state index contributed by atoms with van der Waals surface area (Å²) in [6, 6.07) is 13.2. The van der Waals surface area contributed by atoms with Crippen LogP contribution in [0.1, 0.15) is 16.1 Å². The number of benzene rings is 2. The lowest BCUT2D eigenvalue weighted by molar-refractivity contribution is -0.113. The number of aromatic nitrogens is 3. The van der Waals surface area contributed by atoms with Crippen LogP contribution < -0.4 is 10.0 Å². The van der Waals surface area contributed by atoms with E-state index in [1.807, 2.05) is 20.8 Å². The van der Waals surface area contributed by atoms with E-state index in [-0.39, 0.29) is 27.7 Å². The molecule has 34 heavy (non-hydrogen) atoms. The van der Waals surface area contributed by atoms with E-state index in [1.165, 1.54) is 11.3 Å². The first-order chi connectivity index (χ1) is 16.2. The number of sulfonamides is 1. The van der Waals surface area contributed by atoms with Crippen LogP contribution >= 0.6 is 23.1 Å². The monoisotopic (exact) mass is 515 g/mol. The van der Waals surface area contributed by atoms with Gasteiger partial charge in [-0.3, -0.25) is 9.52 Å². The molecule has 0 unspecified atom stereocenters. The maximum atomic E-state index is 12.5. The van der Waals surface area contributed by atoms with Crippen LogP contribution in [-0.2, 0) is 14.8 Å². The molecule has 0 atom stereocenters. The highest BCUT2D eigenvalue weighted by Gasteiger charge is 2.15. The first kappa shape index (κ1) is 23.9. The highest BCUT2D eigenvalue weighted by atomic mass is 32.2. The first-order valence-corrected chi connectivity index (χ1v) is 13.4. The molecule has 2 aromatic heterocycles. The van der Waals surface area contributed by atoms with E-state index in [1.54, 1.807) is 48.5 Å². The summed E-state index contributed by atoms with van der Waals surface area (Å²) in [7, 11) is -3.69. The summed E-state index contributed by atoms with van der Waals surface area (Å²) in [5.74, 6) is 0.143. The second kappa shape index (κ2) is 9.95. The summed E-state index contributed by atoms with van der Waals surface area (Å²) >= 11 is 2.54. The van der Waals surface area contributed by atoms with Gasteiger partial charge >= 0.3 is 0 Å². The van der Waals surface area contributed by atoms with E-state index in [0.717, 1.165) is 27.9 Å². The molecule has 0 aliphatic carbocycles. The summed E-state index contributed by atoms with van der Waals surface area (Å²) in [6.45, 7) is 5.73. The van der Waals surface area contributed by atoms with Gasteiger partial charge in [-0.2, -0.15) is 0 Å². The van der Waals surface area contributed by atoms with Gasteiger partial charge in [-0.15, -0.1) is 21.5 Å². The zero-order chi connectivity index (χ0) is 24.3. The van der Waals surface area contributed by atoms with Gasteiger partial charge in [0.1, 0.15) is 0 Å². The molecule has 0 aliphatic rings. The minimum atomic E-state index is -3.69. The zero-order valence-electron chi connectivity index (χ0n) is 18.5. The number of hydrogen-bond acceptors (Lipinski definition) is 9. The predicted molar refractivity (Wildman–Crippen MR) is 133 cm³/mol. The first-order valence-electron chi connectivity index (χ1n) is 10.1. The van der Waals surface area contributed by atoms with E-state index >= 15 is 0 Å². The summed E-state index contributed by atoms with van der Waals surface area (Å²) in [6.07, 6.45) is 0. The third-order valence-electron chi connectivity index (χ3n) is 4.72. The van der Waals surface area contributed by atoms with Crippen LogP contribution in [0.4, 0.5) is 10.8 Å². The molecule has 0 aliphatic heterocycles. The molecule has 0 bridgehead atoms. The van der Waals surface area contributed by atoms with E-state index in [9.17, 15) is 13.2 Å². The summed E-state index contributed by atoms with van der Waals surface area (Å²) in [5, 5.41) is 11.5. The molecule has 2 N–H and O–H groups in total. The maximum Gasteiger partial charge on any atom is 0.277 e. The molecule has 4 aromatic rings. The highest BCUT2D eigenvalue weighted by Crippen LogP contribution is 2.26. The van der Waals surface area contributed by atoms with Crippen molar-refractivity contribution < 1.29 is 17.6 Å². The van der Waals surface area contributed by atoms with Crippen LogP contribution in [0.5, 0.6) is 0 Å². The average Bonchev–Trinajstić information content (AvgIpc) is 3.39. The molecule has 176 valence electrons. The lowest BCUT2D eigenvalue weighted by atomic mass is 10.2. The Morgan fingerprint density at radius 3 is 2.38 bits per heavy atom. The fraction of sp³-hybridized carbons (Fsp3) is 0.182. The number of aryl methyl sites for hydroxylation is 3. The van der Waals surface area contributed by atoms with Gasteiger partial charge in [0.15, 0.2) is 5.13 Å². The van der Waals surface area contributed by atoms with Crippen molar-refractivity contribution in [2.24, 2.45) is 0 Å². The third-order valence-corrected chi connectivity index (χ3v) is 7.93. The Bertz CT molecular complexity index is 1390. The number of thioether (sulfide) groups is 1. The number of hydrogen-bond donors (Lipinski definition) is 2. The molecule has 1 amide bonds. The van der Waals surface area contributed by atoms with Gasteiger partial charge < -0.3 is 9.73 Å². The molecule has 2 aromatic carbocycles. The Hall–Kier alpha value is -3.22. The smallest absolute Gasteiger partial charge is 0.277 e. The third kappa shape index (κ3) is 5.82. The van der Waals surface area contributed by atoms with Crippen LogP contribution in [0.2, 0.25) is 0 Å². The maximum absolute atomic E-state index is 12.5. The van der Waals surface area contributed by atoms with Crippen LogP contribution in [0, 0.1) is 20.8 Å². The Morgan fingerprint density at radius 2 is 1.74 bits per heavy atom. The SMILES string of the molecule is Cc1ccc(S(=O)(=O)Nc2ccc(-c3nnc(SCC(=O)Nc4nc(C)c(C)s4)o3)cc2)cc1. The fourth-order valence-corrected chi connectivity index (χ4v) is 5.26. The van der Waals surface area contributed by atoms with Crippen molar-refractivity contribution >= 4 is 49.8 Å². The molecule has 12 heteroatoms. The minimum Gasteiger partial charge on any atom is -0.411 e. The van der Waals surface area contributed by atoms with Gasteiger partial charge in [0.05, 0.1) is 16.3 Å². The zero-order valence-corrected chi connectivity index (χ0v) is 21.0. The number of carbonyl (C=O) groups is 1. The summed E-state index contributed by atoms with van der Waals surface area (Å²) in [4.78, 5) is 17.7. The van der Waals surface area contributed by atoms with E-state index in [4.69, 9.17) is 4.42 Å². The van der Waals surface area contributed by atoms with Gasteiger partial charge in [-0.25, -0.2) is 13.4 Å². The summed E-state index contributed by atoms with van der Waals surface area (Å²) < 4.78 is 33.3. The number of amides is 1. The summed E-state index contributed by atoms with van der Waals surface area (Å²) in [5.41, 5.74) is 2.90. The largest absolute Gasteiger partial charge is 0.411 e. The van der Waals surface area contributed by atoms with Crippen molar-refractivity contribution in [3.8, 4) is 11.5 Å². The standard InChI is InChI=1S/C22H21N5O4S3/c1-13-4-10-18(11-5-13)34(29,30)27-17-8-6-16(7-9-17)20-25-26-22(31-20)32-12-19(28)24-21-23-14(2)15(3)33-21/h4-11,27H,12H2,1-3H3,(H,23,24,28). The number of rotatable bonds is 8. The van der Waals surface area contributed by atoms with Gasteiger partial charge in [-0.05, 0) is 57.2 Å². The van der Waals surface area contributed by atoms with Crippen LogP contribution in [-0.4, -0.2) is 35.3 Å². The molecule has 0 spiro atoms. The Balaban J connectivity index is 1.35. The van der Waals surface area contributed by atoms with Gasteiger partial charge in [0.25, 0.3) is 15.2 Å². The molecule has 0 saturated heterocycles. The lowest BCUT2D eigenvalue weighted by Crippen LogP contribution is -2.13. The normalized spacial score (nSPS) is 11.4. The molecule has 0 fully saturated rings. The molecular weight excluding hydrogens is 494 g/mol.